The molecular weight excluding hydrogens is 260 g/mol. The van der Waals surface area contributed by atoms with Gasteiger partial charge in [-0.05, 0) is 18.8 Å². The number of nitrogens with zero attached hydrogens (tertiary/aromatic N) is 1. The van der Waals surface area contributed by atoms with Gasteiger partial charge in [-0.15, -0.1) is 0 Å². The number of carboxylic acids is 1. The Bertz CT molecular complexity index is 316. The molecule has 20 heavy (non-hydrogen) atoms. The Morgan fingerprint density at radius 3 is 2.55 bits per heavy atom. The molecule has 6 nitrogen and oxygen atoms in total. The van der Waals surface area contributed by atoms with Crippen molar-refractivity contribution in [3.05, 3.63) is 0 Å². The van der Waals surface area contributed by atoms with Crippen molar-refractivity contribution in [2.45, 2.75) is 44.6 Å². The number of rotatable bonds is 7. The molecule has 116 valence electrons. The summed E-state index contributed by atoms with van der Waals surface area (Å²) in [5.74, 6) is -0.335. The molecule has 2 amide bonds. The van der Waals surface area contributed by atoms with E-state index in [2.05, 4.69) is 5.32 Å². The van der Waals surface area contributed by atoms with Crippen LogP contribution in [0.4, 0.5) is 4.79 Å². The summed E-state index contributed by atoms with van der Waals surface area (Å²) in [6.45, 7) is 0.985. The third kappa shape index (κ3) is 6.23. The molecule has 2 N–H and O–H groups in total. The van der Waals surface area contributed by atoms with Crippen LogP contribution in [0.1, 0.15) is 38.5 Å². The van der Waals surface area contributed by atoms with E-state index in [0.717, 1.165) is 6.54 Å². The van der Waals surface area contributed by atoms with Gasteiger partial charge in [0, 0.05) is 27.2 Å². The lowest BCUT2D eigenvalue weighted by Crippen LogP contribution is -2.43. The molecule has 1 saturated carbocycles. The molecule has 0 aromatic rings. The summed E-state index contributed by atoms with van der Waals surface area (Å²) >= 11 is 0. The number of methoxy groups -OCH3 is 1. The molecule has 1 aliphatic carbocycles. The minimum atomic E-state index is -0.929. The number of nitrogens with one attached hydrogen (secondary N) is 1. The van der Waals surface area contributed by atoms with Crippen molar-refractivity contribution in [3.63, 3.8) is 0 Å². The maximum atomic E-state index is 11.9. The Kier molecular flexibility index (Phi) is 7.36. The summed E-state index contributed by atoms with van der Waals surface area (Å²) in [5, 5.41) is 11.4. The standard InChI is InChI=1S/C14H26N2O4/c1-16(10-11-6-4-3-5-7-11)14(19)15-9-12(20-2)8-13(17)18/h11-12H,3-10H2,1-2H3,(H,15,19)(H,17,18). The molecule has 0 bridgehead atoms. The molecule has 6 heteroatoms. The van der Waals surface area contributed by atoms with Crippen molar-refractivity contribution in [2.75, 3.05) is 27.2 Å². The number of carbonyl (C=O) groups is 2. The molecule has 1 fully saturated rings. The molecule has 0 heterocycles. The Hall–Kier alpha value is -1.30. The number of aliphatic carboxylic acids is 1. The van der Waals surface area contributed by atoms with Crippen LogP contribution in [0.2, 0.25) is 0 Å². The fourth-order valence-electron chi connectivity index (χ4n) is 2.61. The van der Waals surface area contributed by atoms with Gasteiger partial charge in [-0.1, -0.05) is 19.3 Å². The zero-order valence-corrected chi connectivity index (χ0v) is 12.4. The minimum Gasteiger partial charge on any atom is -0.481 e. The fraction of sp³-hybridized carbons (Fsp3) is 0.857. The van der Waals surface area contributed by atoms with Gasteiger partial charge in [-0.2, -0.15) is 0 Å². The number of hydrogen-bond acceptors (Lipinski definition) is 3. The van der Waals surface area contributed by atoms with Gasteiger partial charge in [0.15, 0.2) is 0 Å². The van der Waals surface area contributed by atoms with E-state index in [1.165, 1.54) is 39.2 Å². The second-order valence-electron chi connectivity index (χ2n) is 5.53. The number of carbonyl (C=O) groups excluding carboxylic acids is 1. The second-order valence-corrected chi connectivity index (χ2v) is 5.53. The van der Waals surface area contributed by atoms with E-state index < -0.39 is 12.1 Å². The number of amides is 2. The smallest absolute Gasteiger partial charge is 0.317 e. The average molecular weight is 286 g/mol. The van der Waals surface area contributed by atoms with E-state index >= 15 is 0 Å². The van der Waals surface area contributed by atoms with Gasteiger partial charge in [0.2, 0.25) is 0 Å². The highest BCUT2D eigenvalue weighted by atomic mass is 16.5. The minimum absolute atomic E-state index is 0.108. The van der Waals surface area contributed by atoms with Crippen molar-refractivity contribution < 1.29 is 19.4 Å². The molecule has 0 aliphatic heterocycles. The second kappa shape index (κ2) is 8.79. The van der Waals surface area contributed by atoms with Gasteiger partial charge < -0.3 is 20.1 Å². The van der Waals surface area contributed by atoms with E-state index in [-0.39, 0.29) is 19.0 Å². The average Bonchev–Trinajstić information content (AvgIpc) is 2.43. The normalized spacial score (nSPS) is 17.5. The van der Waals surface area contributed by atoms with E-state index in [4.69, 9.17) is 9.84 Å². The topological polar surface area (TPSA) is 78.9 Å². The molecule has 0 aromatic heterocycles. The van der Waals surface area contributed by atoms with Crippen LogP contribution in [0.3, 0.4) is 0 Å². The predicted octanol–water partition coefficient (Wildman–Crippen LogP) is 1.70. The molecule has 1 rings (SSSR count). The van der Waals surface area contributed by atoms with Crippen LogP contribution < -0.4 is 5.32 Å². The molecule has 1 aliphatic rings. The largest absolute Gasteiger partial charge is 0.481 e. The molecule has 0 radical (unpaired) electrons. The summed E-state index contributed by atoms with van der Waals surface area (Å²) in [6, 6.07) is -0.164. The van der Waals surface area contributed by atoms with E-state index in [1.54, 1.807) is 11.9 Å². The maximum Gasteiger partial charge on any atom is 0.317 e. The highest BCUT2D eigenvalue weighted by molar-refractivity contribution is 5.74. The first-order chi connectivity index (χ1) is 9.52. The van der Waals surface area contributed by atoms with Gasteiger partial charge in [-0.3, -0.25) is 4.79 Å². The summed E-state index contributed by atoms with van der Waals surface area (Å²) in [4.78, 5) is 24.2. The van der Waals surface area contributed by atoms with Crippen molar-refractivity contribution in [2.24, 2.45) is 5.92 Å². The Labute approximate surface area is 120 Å². The Balaban J connectivity index is 2.27. The lowest BCUT2D eigenvalue weighted by atomic mass is 9.89. The highest BCUT2D eigenvalue weighted by Crippen LogP contribution is 2.23. The quantitative estimate of drug-likeness (QED) is 0.746. The van der Waals surface area contributed by atoms with E-state index in [9.17, 15) is 9.59 Å². The van der Waals surface area contributed by atoms with Crippen molar-refractivity contribution >= 4 is 12.0 Å². The fourth-order valence-corrected chi connectivity index (χ4v) is 2.61. The van der Waals surface area contributed by atoms with Gasteiger partial charge in [-0.25, -0.2) is 4.79 Å². The van der Waals surface area contributed by atoms with E-state index in [1.807, 2.05) is 0 Å². The zero-order chi connectivity index (χ0) is 15.0. The van der Waals surface area contributed by atoms with Crippen molar-refractivity contribution in [3.8, 4) is 0 Å². The first-order valence-corrected chi connectivity index (χ1v) is 7.26. The summed E-state index contributed by atoms with van der Waals surface area (Å²) in [5.41, 5.74) is 0. The number of hydrogen-bond donors (Lipinski definition) is 2. The highest BCUT2D eigenvalue weighted by Gasteiger charge is 2.19. The predicted molar refractivity (Wildman–Crippen MR) is 75.7 cm³/mol. The number of carboxylic acid groups (broad SMARTS) is 1. The molecule has 0 aromatic carbocycles. The Morgan fingerprint density at radius 1 is 1.35 bits per heavy atom. The van der Waals surface area contributed by atoms with E-state index in [0.29, 0.717) is 5.92 Å². The van der Waals surface area contributed by atoms with Gasteiger partial charge >= 0.3 is 12.0 Å². The lowest BCUT2D eigenvalue weighted by Gasteiger charge is -2.27. The SMILES string of the molecule is COC(CNC(=O)N(C)CC1CCCCC1)CC(=O)O. The monoisotopic (exact) mass is 286 g/mol. The Morgan fingerprint density at radius 2 is 2.00 bits per heavy atom. The van der Waals surface area contributed by atoms with Crippen LogP contribution in [-0.4, -0.2) is 55.4 Å². The first-order valence-electron chi connectivity index (χ1n) is 7.26. The molecular formula is C14H26N2O4. The summed E-state index contributed by atoms with van der Waals surface area (Å²) < 4.78 is 5.03. The van der Waals surface area contributed by atoms with Crippen molar-refractivity contribution in [1.29, 1.82) is 0 Å². The van der Waals surface area contributed by atoms with Crippen LogP contribution in [0.15, 0.2) is 0 Å². The molecule has 0 spiro atoms. The third-order valence-electron chi connectivity index (χ3n) is 3.82. The molecule has 1 atom stereocenters. The van der Waals surface area contributed by atoms with Gasteiger partial charge in [0.25, 0.3) is 0 Å². The summed E-state index contributed by atoms with van der Waals surface area (Å²) in [6.07, 6.45) is 5.60. The van der Waals surface area contributed by atoms with Crippen LogP contribution >= 0.6 is 0 Å². The van der Waals surface area contributed by atoms with Crippen LogP contribution in [0.5, 0.6) is 0 Å². The summed E-state index contributed by atoms with van der Waals surface area (Å²) in [7, 11) is 3.23. The first kappa shape index (κ1) is 16.8. The molecule has 0 saturated heterocycles. The van der Waals surface area contributed by atoms with Gasteiger partial charge in [0.1, 0.15) is 0 Å². The maximum absolute atomic E-state index is 11.9. The van der Waals surface area contributed by atoms with Crippen molar-refractivity contribution in [1.82, 2.24) is 10.2 Å². The molecule has 1 unspecified atom stereocenters. The number of ether oxygens (including phenoxy) is 1. The van der Waals surface area contributed by atoms with Crippen LogP contribution in [-0.2, 0) is 9.53 Å². The lowest BCUT2D eigenvalue weighted by molar-refractivity contribution is -0.139. The van der Waals surface area contributed by atoms with Gasteiger partial charge in [0.05, 0.1) is 12.5 Å². The zero-order valence-electron chi connectivity index (χ0n) is 12.4. The third-order valence-corrected chi connectivity index (χ3v) is 3.82. The van der Waals surface area contributed by atoms with Crippen LogP contribution in [0.25, 0.3) is 0 Å². The van der Waals surface area contributed by atoms with Crippen LogP contribution in [0, 0.1) is 5.92 Å². The number of urea groups is 1.